The number of rotatable bonds is 4. The average molecular weight is 321 g/mol. The molecular weight excluding hydrogens is 294 g/mol. The minimum absolute atomic E-state index is 0.152. The van der Waals surface area contributed by atoms with Gasteiger partial charge < -0.3 is 19.1 Å². The van der Waals surface area contributed by atoms with Crippen molar-refractivity contribution in [3.05, 3.63) is 35.9 Å². The van der Waals surface area contributed by atoms with Gasteiger partial charge in [0.05, 0.1) is 13.2 Å². The fraction of sp³-hybridized carbons (Fsp3) is 0.611. The number of carbonyl (C=O) groups is 1. The quantitative estimate of drug-likeness (QED) is 0.850. The van der Waals surface area contributed by atoms with Crippen LogP contribution in [0.1, 0.15) is 40.2 Å². The van der Waals surface area contributed by atoms with Crippen LogP contribution in [0.5, 0.6) is 0 Å². The molecule has 1 fully saturated rings. The van der Waals surface area contributed by atoms with Crippen molar-refractivity contribution in [2.45, 2.75) is 58.7 Å². The Morgan fingerprint density at radius 2 is 1.96 bits per heavy atom. The maximum atomic E-state index is 12.5. The van der Waals surface area contributed by atoms with E-state index in [0.717, 1.165) is 5.56 Å². The van der Waals surface area contributed by atoms with Crippen molar-refractivity contribution in [1.82, 2.24) is 4.90 Å². The molecule has 0 N–H and O–H groups in total. The van der Waals surface area contributed by atoms with Crippen LogP contribution in [0.3, 0.4) is 0 Å². The van der Waals surface area contributed by atoms with Gasteiger partial charge in [-0.25, -0.2) is 4.79 Å². The summed E-state index contributed by atoms with van der Waals surface area (Å²) in [4.78, 5) is 14.2. The van der Waals surface area contributed by atoms with Crippen LogP contribution in [0, 0.1) is 0 Å². The minimum Gasteiger partial charge on any atom is -0.444 e. The van der Waals surface area contributed by atoms with Gasteiger partial charge in [0.1, 0.15) is 11.7 Å². The number of hydrogen-bond acceptors (Lipinski definition) is 4. The van der Waals surface area contributed by atoms with Crippen molar-refractivity contribution in [2.75, 3.05) is 13.2 Å². The molecular formula is C18H27NO4. The van der Waals surface area contributed by atoms with Gasteiger partial charge in [-0.1, -0.05) is 30.3 Å². The van der Waals surface area contributed by atoms with Crippen LogP contribution in [0.4, 0.5) is 4.79 Å². The lowest BCUT2D eigenvalue weighted by atomic mass is 10.2. The molecule has 1 heterocycles. The van der Waals surface area contributed by atoms with Crippen molar-refractivity contribution in [2.24, 2.45) is 0 Å². The molecule has 2 rings (SSSR count). The summed E-state index contributed by atoms with van der Waals surface area (Å²) in [6.45, 7) is 10.7. The molecule has 1 saturated heterocycles. The lowest BCUT2D eigenvalue weighted by molar-refractivity contribution is -0.140. The van der Waals surface area contributed by atoms with Gasteiger partial charge >= 0.3 is 6.09 Å². The van der Waals surface area contributed by atoms with E-state index in [-0.39, 0.29) is 12.2 Å². The molecule has 0 aliphatic carbocycles. The summed E-state index contributed by atoms with van der Waals surface area (Å²) in [6, 6.07) is 9.86. The molecule has 5 heteroatoms. The molecule has 0 unspecified atom stereocenters. The summed E-state index contributed by atoms with van der Waals surface area (Å²) in [7, 11) is 0. The van der Waals surface area contributed by atoms with Crippen LogP contribution in [0.15, 0.2) is 30.3 Å². The van der Waals surface area contributed by atoms with E-state index in [1.165, 1.54) is 0 Å². The number of carbonyl (C=O) groups excluding carboxylic acids is 1. The topological polar surface area (TPSA) is 48.0 Å². The third-order valence-electron chi connectivity index (χ3n) is 3.36. The Kier molecular flexibility index (Phi) is 5.32. The zero-order valence-electron chi connectivity index (χ0n) is 14.7. The number of amides is 1. The van der Waals surface area contributed by atoms with Gasteiger partial charge in [0.2, 0.25) is 0 Å². The number of ether oxygens (including phenoxy) is 3. The summed E-state index contributed by atoms with van der Waals surface area (Å²) < 4.78 is 16.9. The summed E-state index contributed by atoms with van der Waals surface area (Å²) in [5, 5.41) is 0. The smallest absolute Gasteiger partial charge is 0.410 e. The van der Waals surface area contributed by atoms with Crippen molar-refractivity contribution >= 4 is 6.09 Å². The second-order valence-electron chi connectivity index (χ2n) is 7.30. The first-order chi connectivity index (χ1) is 10.6. The predicted molar refractivity (Wildman–Crippen MR) is 88.0 cm³/mol. The highest BCUT2D eigenvalue weighted by Crippen LogP contribution is 2.24. The van der Waals surface area contributed by atoms with Gasteiger partial charge in [0.25, 0.3) is 0 Å². The van der Waals surface area contributed by atoms with E-state index < -0.39 is 11.4 Å². The van der Waals surface area contributed by atoms with Crippen LogP contribution in [-0.2, 0) is 20.8 Å². The summed E-state index contributed by atoms with van der Waals surface area (Å²) in [5.74, 6) is -0.600. The van der Waals surface area contributed by atoms with E-state index in [1.807, 2.05) is 65.0 Å². The standard InChI is InChI=1S/C18H27NO4/c1-17(2,3)23-16(20)19(11-14-9-7-6-8-10-14)12-15-13-21-18(4,5)22-15/h6-10,15H,11-13H2,1-5H3/t15-/m0/s1. The highest BCUT2D eigenvalue weighted by molar-refractivity contribution is 5.68. The second-order valence-corrected chi connectivity index (χ2v) is 7.30. The molecule has 0 aromatic heterocycles. The molecule has 1 aromatic rings. The minimum atomic E-state index is -0.600. The van der Waals surface area contributed by atoms with Crippen LogP contribution in [0.25, 0.3) is 0 Å². The van der Waals surface area contributed by atoms with E-state index in [2.05, 4.69) is 0 Å². The highest BCUT2D eigenvalue weighted by atomic mass is 16.7. The lowest BCUT2D eigenvalue weighted by Gasteiger charge is -2.29. The predicted octanol–water partition coefficient (Wildman–Crippen LogP) is 3.58. The average Bonchev–Trinajstić information content (AvgIpc) is 2.76. The molecule has 23 heavy (non-hydrogen) atoms. The Morgan fingerprint density at radius 3 is 2.48 bits per heavy atom. The van der Waals surface area contributed by atoms with Crippen LogP contribution in [0.2, 0.25) is 0 Å². The Bertz CT molecular complexity index is 522. The summed E-state index contributed by atoms with van der Waals surface area (Å²) >= 11 is 0. The fourth-order valence-corrected chi connectivity index (χ4v) is 2.43. The van der Waals surface area contributed by atoms with Crippen LogP contribution in [-0.4, -0.2) is 41.6 Å². The molecule has 1 amide bonds. The van der Waals surface area contributed by atoms with Crippen molar-refractivity contribution in [3.63, 3.8) is 0 Å². The van der Waals surface area contributed by atoms with E-state index in [9.17, 15) is 4.79 Å². The summed E-state index contributed by atoms with van der Waals surface area (Å²) in [5.41, 5.74) is 0.523. The van der Waals surface area contributed by atoms with Gasteiger partial charge in [-0.05, 0) is 40.2 Å². The molecule has 0 radical (unpaired) electrons. The zero-order valence-corrected chi connectivity index (χ0v) is 14.7. The third-order valence-corrected chi connectivity index (χ3v) is 3.36. The molecule has 1 aliphatic rings. The Labute approximate surface area is 138 Å². The molecule has 1 aliphatic heterocycles. The first-order valence-electron chi connectivity index (χ1n) is 7.98. The molecule has 5 nitrogen and oxygen atoms in total. The number of nitrogens with zero attached hydrogens (tertiary/aromatic N) is 1. The number of hydrogen-bond donors (Lipinski definition) is 0. The van der Waals surface area contributed by atoms with Crippen LogP contribution >= 0.6 is 0 Å². The SMILES string of the molecule is CC(C)(C)OC(=O)N(Cc1ccccc1)C[C@H]1COC(C)(C)O1. The van der Waals surface area contributed by atoms with Gasteiger partial charge in [-0.15, -0.1) is 0 Å². The van der Waals surface area contributed by atoms with E-state index in [1.54, 1.807) is 4.90 Å². The van der Waals surface area contributed by atoms with Crippen molar-refractivity contribution < 1.29 is 19.0 Å². The van der Waals surface area contributed by atoms with Gasteiger partial charge in [-0.3, -0.25) is 0 Å². The Hall–Kier alpha value is -1.59. The molecule has 128 valence electrons. The van der Waals surface area contributed by atoms with Gasteiger partial charge in [0.15, 0.2) is 5.79 Å². The zero-order chi connectivity index (χ0) is 17.1. The largest absolute Gasteiger partial charge is 0.444 e. The normalized spacial score (nSPS) is 20.3. The first kappa shape index (κ1) is 17.8. The van der Waals surface area contributed by atoms with Crippen LogP contribution < -0.4 is 0 Å². The molecule has 0 saturated carbocycles. The fourth-order valence-electron chi connectivity index (χ4n) is 2.43. The lowest BCUT2D eigenvalue weighted by Crippen LogP contribution is -2.41. The van der Waals surface area contributed by atoms with E-state index in [0.29, 0.717) is 19.7 Å². The Morgan fingerprint density at radius 1 is 1.30 bits per heavy atom. The maximum absolute atomic E-state index is 12.5. The van der Waals surface area contributed by atoms with E-state index >= 15 is 0 Å². The third kappa shape index (κ3) is 5.84. The first-order valence-corrected chi connectivity index (χ1v) is 7.98. The van der Waals surface area contributed by atoms with Gasteiger partial charge in [-0.2, -0.15) is 0 Å². The van der Waals surface area contributed by atoms with Crippen molar-refractivity contribution in [3.8, 4) is 0 Å². The monoisotopic (exact) mass is 321 g/mol. The Balaban J connectivity index is 2.06. The molecule has 1 aromatic carbocycles. The number of benzene rings is 1. The second kappa shape index (κ2) is 6.89. The molecule has 0 bridgehead atoms. The van der Waals surface area contributed by atoms with Gasteiger partial charge in [0, 0.05) is 6.54 Å². The maximum Gasteiger partial charge on any atom is 0.410 e. The molecule has 1 atom stereocenters. The highest BCUT2D eigenvalue weighted by Gasteiger charge is 2.35. The van der Waals surface area contributed by atoms with E-state index in [4.69, 9.17) is 14.2 Å². The van der Waals surface area contributed by atoms with Crippen molar-refractivity contribution in [1.29, 1.82) is 0 Å². The summed E-state index contributed by atoms with van der Waals surface area (Å²) in [6.07, 6.45) is -0.490. The molecule has 0 spiro atoms.